The molecule has 1 unspecified atom stereocenters. The average Bonchev–Trinajstić information content (AvgIpc) is 2.71. The molecule has 0 spiro atoms. The van der Waals surface area contributed by atoms with E-state index in [0.717, 1.165) is 18.5 Å². The second-order valence-corrected chi connectivity index (χ2v) is 4.88. The summed E-state index contributed by atoms with van der Waals surface area (Å²) in [6.07, 6.45) is 9.15. The minimum Gasteiger partial charge on any atom is -0.313 e. The quantitative estimate of drug-likeness (QED) is 0.686. The van der Waals surface area contributed by atoms with Crippen molar-refractivity contribution < 1.29 is 0 Å². The summed E-state index contributed by atoms with van der Waals surface area (Å²) in [5.41, 5.74) is 1.08. The number of imidazole rings is 1. The number of nitrogens with one attached hydrogen (secondary N) is 2. The fourth-order valence-electron chi connectivity index (χ4n) is 2.10. The summed E-state index contributed by atoms with van der Waals surface area (Å²) in [6, 6.07) is 0. The molecule has 0 bridgehead atoms. The minimum atomic E-state index is -0.0942. The first-order valence-corrected chi connectivity index (χ1v) is 6.40. The van der Waals surface area contributed by atoms with Gasteiger partial charge in [0.05, 0.1) is 0 Å². The van der Waals surface area contributed by atoms with E-state index in [1.165, 1.54) is 25.7 Å². The molecule has 0 saturated carbocycles. The molecule has 0 aromatic carbocycles. The van der Waals surface area contributed by atoms with E-state index in [2.05, 4.69) is 30.7 Å². The van der Waals surface area contributed by atoms with Crippen molar-refractivity contribution in [3.05, 3.63) is 22.4 Å². The SMILES string of the molecule is CCCCCCC(C)(CC)c1c[nH]c(=O)[nH]1. The van der Waals surface area contributed by atoms with Gasteiger partial charge in [0.15, 0.2) is 0 Å². The third-order valence-corrected chi connectivity index (χ3v) is 3.61. The van der Waals surface area contributed by atoms with Crippen LogP contribution < -0.4 is 5.69 Å². The summed E-state index contributed by atoms with van der Waals surface area (Å²) in [5, 5.41) is 0. The maximum Gasteiger partial charge on any atom is 0.323 e. The van der Waals surface area contributed by atoms with E-state index in [1.807, 2.05) is 6.20 Å². The molecule has 0 saturated heterocycles. The van der Waals surface area contributed by atoms with Crippen molar-refractivity contribution in [3.8, 4) is 0 Å². The van der Waals surface area contributed by atoms with Gasteiger partial charge in [0, 0.05) is 17.3 Å². The van der Waals surface area contributed by atoms with Crippen molar-refractivity contribution in [2.75, 3.05) is 0 Å². The number of H-pyrrole nitrogens is 2. The molecule has 0 amide bonds. The fraction of sp³-hybridized carbons (Fsp3) is 0.769. The maximum atomic E-state index is 11.1. The summed E-state index contributed by atoms with van der Waals surface area (Å²) in [7, 11) is 0. The molecule has 92 valence electrons. The summed E-state index contributed by atoms with van der Waals surface area (Å²) < 4.78 is 0. The van der Waals surface area contributed by atoms with E-state index in [0.29, 0.717) is 0 Å². The summed E-state index contributed by atoms with van der Waals surface area (Å²) in [4.78, 5) is 16.7. The first-order valence-electron chi connectivity index (χ1n) is 6.40. The first-order chi connectivity index (χ1) is 7.62. The molecule has 0 fully saturated rings. The van der Waals surface area contributed by atoms with E-state index in [1.54, 1.807) is 0 Å². The van der Waals surface area contributed by atoms with Crippen LogP contribution in [-0.4, -0.2) is 9.97 Å². The number of hydrogen-bond donors (Lipinski definition) is 2. The van der Waals surface area contributed by atoms with Crippen molar-refractivity contribution in [2.45, 2.75) is 64.7 Å². The smallest absolute Gasteiger partial charge is 0.313 e. The predicted octanol–water partition coefficient (Wildman–Crippen LogP) is 3.34. The largest absolute Gasteiger partial charge is 0.323 e. The van der Waals surface area contributed by atoms with Crippen LogP contribution in [0, 0.1) is 0 Å². The molecule has 1 heterocycles. The van der Waals surface area contributed by atoms with Gasteiger partial charge >= 0.3 is 5.69 Å². The van der Waals surface area contributed by atoms with E-state index in [-0.39, 0.29) is 11.1 Å². The lowest BCUT2D eigenvalue weighted by molar-refractivity contribution is 0.387. The van der Waals surface area contributed by atoms with Crippen molar-refractivity contribution in [2.24, 2.45) is 0 Å². The highest BCUT2D eigenvalue weighted by atomic mass is 16.1. The molecule has 1 rings (SSSR count). The molecule has 1 aromatic heterocycles. The van der Waals surface area contributed by atoms with Gasteiger partial charge in [-0.2, -0.15) is 0 Å². The van der Waals surface area contributed by atoms with Crippen LogP contribution in [0.5, 0.6) is 0 Å². The van der Waals surface area contributed by atoms with Crippen molar-refractivity contribution in [1.29, 1.82) is 0 Å². The van der Waals surface area contributed by atoms with Gasteiger partial charge in [0.1, 0.15) is 0 Å². The number of rotatable bonds is 7. The molecule has 0 aliphatic carbocycles. The van der Waals surface area contributed by atoms with E-state index in [9.17, 15) is 4.79 Å². The fourth-order valence-corrected chi connectivity index (χ4v) is 2.10. The zero-order chi connectivity index (χ0) is 12.0. The second-order valence-electron chi connectivity index (χ2n) is 4.88. The molecule has 3 heteroatoms. The first kappa shape index (κ1) is 13.1. The number of aromatic nitrogens is 2. The highest BCUT2D eigenvalue weighted by Crippen LogP contribution is 2.31. The van der Waals surface area contributed by atoms with Crippen molar-refractivity contribution in [1.82, 2.24) is 9.97 Å². The lowest BCUT2D eigenvalue weighted by Crippen LogP contribution is -2.22. The molecule has 1 aromatic rings. The lowest BCUT2D eigenvalue weighted by atomic mass is 9.79. The zero-order valence-electron chi connectivity index (χ0n) is 10.7. The van der Waals surface area contributed by atoms with E-state index in [4.69, 9.17) is 0 Å². The molecule has 16 heavy (non-hydrogen) atoms. The second kappa shape index (κ2) is 5.92. The van der Waals surface area contributed by atoms with E-state index >= 15 is 0 Å². The van der Waals surface area contributed by atoms with Crippen LogP contribution in [-0.2, 0) is 5.41 Å². The number of hydrogen-bond acceptors (Lipinski definition) is 1. The molecule has 3 nitrogen and oxygen atoms in total. The van der Waals surface area contributed by atoms with Gasteiger partial charge in [-0.25, -0.2) is 4.79 Å². The molecule has 0 aliphatic rings. The topological polar surface area (TPSA) is 48.6 Å². The van der Waals surface area contributed by atoms with Crippen molar-refractivity contribution >= 4 is 0 Å². The Labute approximate surface area is 97.7 Å². The normalized spacial score (nSPS) is 14.9. The zero-order valence-corrected chi connectivity index (χ0v) is 10.7. The van der Waals surface area contributed by atoms with Gasteiger partial charge in [-0.15, -0.1) is 0 Å². The van der Waals surface area contributed by atoms with Gasteiger partial charge in [0.25, 0.3) is 0 Å². The molecule has 1 atom stereocenters. The predicted molar refractivity (Wildman–Crippen MR) is 67.8 cm³/mol. The lowest BCUT2D eigenvalue weighted by Gasteiger charge is -2.26. The third kappa shape index (κ3) is 3.26. The summed E-state index contributed by atoms with van der Waals surface area (Å²) >= 11 is 0. The average molecular weight is 224 g/mol. The van der Waals surface area contributed by atoms with Gasteiger partial charge in [-0.1, -0.05) is 46.5 Å². The molecular weight excluding hydrogens is 200 g/mol. The van der Waals surface area contributed by atoms with Crippen molar-refractivity contribution in [3.63, 3.8) is 0 Å². The Morgan fingerprint density at radius 2 is 2.00 bits per heavy atom. The molecule has 2 N–H and O–H groups in total. The Bertz CT molecular complexity index is 353. The van der Waals surface area contributed by atoms with Crippen LogP contribution in [0.2, 0.25) is 0 Å². The molecule has 0 aliphatic heterocycles. The number of aromatic amines is 2. The van der Waals surface area contributed by atoms with Gasteiger partial charge < -0.3 is 9.97 Å². The monoisotopic (exact) mass is 224 g/mol. The Hall–Kier alpha value is -0.990. The maximum absolute atomic E-state index is 11.1. The summed E-state index contributed by atoms with van der Waals surface area (Å²) in [5.74, 6) is 0. The Kier molecular flexibility index (Phi) is 4.84. The van der Waals surface area contributed by atoms with Crippen LogP contribution in [0.1, 0.15) is 65.0 Å². The highest BCUT2D eigenvalue weighted by molar-refractivity contribution is 5.11. The van der Waals surface area contributed by atoms with Crippen LogP contribution in [0.3, 0.4) is 0 Å². The number of unbranched alkanes of at least 4 members (excludes halogenated alkanes) is 3. The Morgan fingerprint density at radius 3 is 2.50 bits per heavy atom. The highest BCUT2D eigenvalue weighted by Gasteiger charge is 2.25. The van der Waals surface area contributed by atoms with Crippen LogP contribution >= 0.6 is 0 Å². The van der Waals surface area contributed by atoms with Gasteiger partial charge in [-0.05, 0) is 12.8 Å². The van der Waals surface area contributed by atoms with Crippen LogP contribution in [0.4, 0.5) is 0 Å². The Morgan fingerprint density at radius 1 is 1.25 bits per heavy atom. The van der Waals surface area contributed by atoms with Crippen LogP contribution in [0.15, 0.2) is 11.0 Å². The van der Waals surface area contributed by atoms with E-state index < -0.39 is 0 Å². The minimum absolute atomic E-state index is 0.0942. The third-order valence-electron chi connectivity index (χ3n) is 3.61. The summed E-state index contributed by atoms with van der Waals surface area (Å²) in [6.45, 7) is 6.64. The Balaban J connectivity index is 2.59. The standard InChI is InChI=1S/C13H24N2O/c1-4-6-7-8-9-13(3,5-2)11-10-14-12(16)15-11/h10H,4-9H2,1-3H3,(H2,14,15,16). The van der Waals surface area contributed by atoms with Crippen LogP contribution in [0.25, 0.3) is 0 Å². The van der Waals surface area contributed by atoms with Gasteiger partial charge in [0.2, 0.25) is 0 Å². The van der Waals surface area contributed by atoms with Gasteiger partial charge in [-0.3, -0.25) is 0 Å². The molecular formula is C13H24N2O. The molecule has 0 radical (unpaired) electrons.